The summed E-state index contributed by atoms with van der Waals surface area (Å²) in [5.74, 6) is -1.72. The lowest BCUT2D eigenvalue weighted by Crippen LogP contribution is -2.45. The maximum Gasteiger partial charge on any atom is 0.321 e. The van der Waals surface area contributed by atoms with Gasteiger partial charge in [0, 0.05) is 18.0 Å². The molecule has 1 fully saturated rings. The predicted octanol–water partition coefficient (Wildman–Crippen LogP) is 1.83. The van der Waals surface area contributed by atoms with Gasteiger partial charge in [-0.2, -0.15) is 0 Å². The molecule has 1 aliphatic rings. The number of esters is 1. The fourth-order valence-electron chi connectivity index (χ4n) is 2.32. The summed E-state index contributed by atoms with van der Waals surface area (Å²) in [7, 11) is 0. The van der Waals surface area contributed by atoms with E-state index >= 15 is 0 Å². The first-order chi connectivity index (χ1) is 12.7. The second-order valence-corrected chi connectivity index (χ2v) is 6.81. The molecule has 0 bridgehead atoms. The highest BCUT2D eigenvalue weighted by Gasteiger charge is 2.26. The quantitative estimate of drug-likeness (QED) is 0.609. The summed E-state index contributed by atoms with van der Waals surface area (Å²) in [5, 5.41) is 7.92. The summed E-state index contributed by atoms with van der Waals surface area (Å²) < 4.78 is 5.08. The van der Waals surface area contributed by atoms with E-state index in [0.717, 1.165) is 12.8 Å². The molecule has 0 heterocycles. The number of carbonyl (C=O) groups is 4. The highest BCUT2D eigenvalue weighted by atomic mass is 35.5. The predicted molar refractivity (Wildman–Crippen MR) is 97.9 cm³/mol. The molecule has 9 heteroatoms. The normalized spacial score (nSPS) is 15.2. The molecule has 146 valence electrons. The SMILES string of the molecule is CC(=O)NC(CC(=O)OC(C)C(=O)NC(=O)NC1CC1)c1ccc(Cl)cc1. The maximum absolute atomic E-state index is 12.2. The molecule has 2 unspecified atom stereocenters. The fourth-order valence-corrected chi connectivity index (χ4v) is 2.45. The van der Waals surface area contributed by atoms with Gasteiger partial charge in [-0.1, -0.05) is 23.7 Å². The van der Waals surface area contributed by atoms with Crippen LogP contribution in [0.2, 0.25) is 5.02 Å². The first-order valence-corrected chi connectivity index (χ1v) is 8.95. The number of amides is 4. The lowest BCUT2D eigenvalue weighted by atomic mass is 10.0. The summed E-state index contributed by atoms with van der Waals surface area (Å²) in [6.45, 7) is 2.70. The molecule has 0 radical (unpaired) electrons. The molecule has 1 aromatic carbocycles. The molecule has 2 rings (SSSR count). The number of rotatable bonds is 7. The Bertz CT molecular complexity index is 718. The van der Waals surface area contributed by atoms with Crippen LogP contribution in [0.15, 0.2) is 24.3 Å². The van der Waals surface area contributed by atoms with E-state index in [-0.39, 0.29) is 18.4 Å². The van der Waals surface area contributed by atoms with E-state index in [9.17, 15) is 19.2 Å². The Labute approximate surface area is 162 Å². The molecule has 27 heavy (non-hydrogen) atoms. The number of nitrogens with one attached hydrogen (secondary N) is 3. The molecular weight excluding hydrogens is 374 g/mol. The van der Waals surface area contributed by atoms with Crippen LogP contribution in [0.5, 0.6) is 0 Å². The minimum atomic E-state index is -1.15. The zero-order chi connectivity index (χ0) is 20.0. The van der Waals surface area contributed by atoms with Crippen LogP contribution in [0.4, 0.5) is 4.79 Å². The molecule has 1 aromatic rings. The average molecular weight is 396 g/mol. The molecule has 8 nitrogen and oxygen atoms in total. The number of urea groups is 1. The lowest BCUT2D eigenvalue weighted by molar-refractivity contribution is -0.155. The Morgan fingerprint density at radius 1 is 1.19 bits per heavy atom. The van der Waals surface area contributed by atoms with Crippen LogP contribution in [0.25, 0.3) is 0 Å². The van der Waals surface area contributed by atoms with Crippen molar-refractivity contribution >= 4 is 35.4 Å². The monoisotopic (exact) mass is 395 g/mol. The zero-order valence-electron chi connectivity index (χ0n) is 15.1. The fraction of sp³-hybridized carbons (Fsp3) is 0.444. The van der Waals surface area contributed by atoms with Crippen LogP contribution < -0.4 is 16.0 Å². The van der Waals surface area contributed by atoms with Crippen LogP contribution >= 0.6 is 11.6 Å². The van der Waals surface area contributed by atoms with Crippen molar-refractivity contribution in [3.05, 3.63) is 34.9 Å². The minimum Gasteiger partial charge on any atom is -0.452 e. The number of imide groups is 1. The van der Waals surface area contributed by atoms with E-state index in [1.165, 1.54) is 13.8 Å². The average Bonchev–Trinajstić information content (AvgIpc) is 3.38. The largest absolute Gasteiger partial charge is 0.452 e. The maximum atomic E-state index is 12.2. The second-order valence-electron chi connectivity index (χ2n) is 6.38. The molecule has 0 spiro atoms. The lowest BCUT2D eigenvalue weighted by Gasteiger charge is -2.19. The minimum absolute atomic E-state index is 0.105. The van der Waals surface area contributed by atoms with Crippen molar-refractivity contribution < 1.29 is 23.9 Å². The van der Waals surface area contributed by atoms with Gasteiger partial charge in [0.25, 0.3) is 5.91 Å². The van der Waals surface area contributed by atoms with Crippen molar-refractivity contribution in [3.8, 4) is 0 Å². The van der Waals surface area contributed by atoms with Crippen LogP contribution in [0.1, 0.15) is 44.7 Å². The number of hydrogen-bond donors (Lipinski definition) is 3. The van der Waals surface area contributed by atoms with E-state index in [2.05, 4.69) is 16.0 Å². The van der Waals surface area contributed by atoms with Crippen LogP contribution in [-0.2, 0) is 19.1 Å². The third-order valence-electron chi connectivity index (χ3n) is 3.85. The van der Waals surface area contributed by atoms with Gasteiger partial charge in [0.1, 0.15) is 0 Å². The van der Waals surface area contributed by atoms with E-state index in [1.54, 1.807) is 24.3 Å². The second kappa shape index (κ2) is 9.36. The summed E-state index contributed by atoms with van der Waals surface area (Å²) >= 11 is 5.85. The number of ether oxygens (including phenoxy) is 1. The Balaban J connectivity index is 1.89. The summed E-state index contributed by atoms with van der Waals surface area (Å²) in [5.41, 5.74) is 0.674. The van der Waals surface area contributed by atoms with Gasteiger partial charge in [-0.15, -0.1) is 0 Å². The van der Waals surface area contributed by atoms with Gasteiger partial charge < -0.3 is 15.4 Å². The van der Waals surface area contributed by atoms with Crippen LogP contribution in [0.3, 0.4) is 0 Å². The van der Waals surface area contributed by atoms with Gasteiger partial charge in [0.05, 0.1) is 12.5 Å². The van der Waals surface area contributed by atoms with Crippen molar-refractivity contribution in [2.75, 3.05) is 0 Å². The molecule has 1 saturated carbocycles. The number of halogens is 1. The highest BCUT2D eigenvalue weighted by molar-refractivity contribution is 6.30. The first-order valence-electron chi connectivity index (χ1n) is 8.58. The van der Waals surface area contributed by atoms with Gasteiger partial charge in [0.15, 0.2) is 6.10 Å². The van der Waals surface area contributed by atoms with E-state index in [1.807, 2.05) is 0 Å². The van der Waals surface area contributed by atoms with E-state index in [0.29, 0.717) is 10.6 Å². The Kier molecular flexibility index (Phi) is 7.18. The topological polar surface area (TPSA) is 114 Å². The zero-order valence-corrected chi connectivity index (χ0v) is 15.8. The Morgan fingerprint density at radius 3 is 2.37 bits per heavy atom. The number of hydrogen-bond acceptors (Lipinski definition) is 5. The van der Waals surface area contributed by atoms with Crippen LogP contribution in [0, 0.1) is 0 Å². The molecular formula is C18H22ClN3O5. The van der Waals surface area contributed by atoms with E-state index in [4.69, 9.17) is 16.3 Å². The van der Waals surface area contributed by atoms with Crippen molar-refractivity contribution in [2.24, 2.45) is 0 Å². The number of benzene rings is 1. The number of carbonyl (C=O) groups excluding carboxylic acids is 4. The standard InChI is InChI=1S/C18H22ClN3O5/c1-10(17(25)22-18(26)21-14-7-8-14)27-16(24)9-15(20-11(2)23)12-3-5-13(19)6-4-12/h3-6,10,14-15H,7-9H2,1-2H3,(H,20,23)(H2,21,22,25,26). The van der Waals surface area contributed by atoms with Crippen molar-refractivity contribution in [1.29, 1.82) is 0 Å². The summed E-state index contributed by atoms with van der Waals surface area (Å²) in [4.78, 5) is 47.1. The van der Waals surface area contributed by atoms with E-state index < -0.39 is 30.1 Å². The molecule has 0 aromatic heterocycles. The molecule has 4 amide bonds. The summed E-state index contributed by atoms with van der Waals surface area (Å²) in [6, 6.07) is 5.54. The highest BCUT2D eigenvalue weighted by Crippen LogP contribution is 2.20. The Morgan fingerprint density at radius 2 is 1.81 bits per heavy atom. The van der Waals surface area contributed by atoms with Crippen molar-refractivity contribution in [2.45, 2.75) is 51.3 Å². The van der Waals surface area contributed by atoms with Gasteiger partial charge in [0.2, 0.25) is 5.91 Å². The third-order valence-corrected chi connectivity index (χ3v) is 4.10. The molecule has 0 saturated heterocycles. The summed E-state index contributed by atoms with van der Waals surface area (Å²) in [6.07, 6.45) is 0.459. The first kappa shape index (κ1) is 20.7. The molecule has 1 aliphatic carbocycles. The molecule has 3 N–H and O–H groups in total. The van der Waals surface area contributed by atoms with Gasteiger partial charge in [-0.05, 0) is 37.5 Å². The molecule has 0 aliphatic heterocycles. The van der Waals surface area contributed by atoms with Crippen molar-refractivity contribution in [3.63, 3.8) is 0 Å². The Hall–Kier alpha value is -2.61. The smallest absolute Gasteiger partial charge is 0.321 e. The van der Waals surface area contributed by atoms with Gasteiger partial charge in [-0.25, -0.2) is 4.79 Å². The van der Waals surface area contributed by atoms with Gasteiger partial charge >= 0.3 is 12.0 Å². The van der Waals surface area contributed by atoms with Crippen molar-refractivity contribution in [1.82, 2.24) is 16.0 Å². The van der Waals surface area contributed by atoms with Crippen LogP contribution in [-0.4, -0.2) is 36.0 Å². The van der Waals surface area contributed by atoms with Gasteiger partial charge in [-0.3, -0.25) is 19.7 Å². The third kappa shape index (κ3) is 7.26. The molecule has 2 atom stereocenters.